The van der Waals surface area contributed by atoms with E-state index in [0.29, 0.717) is 10.8 Å². The van der Waals surface area contributed by atoms with Crippen LogP contribution in [0.15, 0.2) is 53.4 Å². The Morgan fingerprint density at radius 1 is 1.14 bits per heavy atom. The van der Waals surface area contributed by atoms with E-state index in [1.807, 2.05) is 6.07 Å². The molecule has 0 atom stereocenters. The Kier molecular flexibility index (Phi) is 4.88. The molecule has 0 aliphatic carbocycles. The number of methoxy groups -OCH3 is 1. The molecule has 0 saturated carbocycles. The zero-order chi connectivity index (χ0) is 15.5. The van der Waals surface area contributed by atoms with Crippen LogP contribution in [-0.4, -0.2) is 26.9 Å². The van der Waals surface area contributed by atoms with Crippen LogP contribution in [0.2, 0.25) is 5.02 Å². The zero-order valence-electron chi connectivity index (χ0n) is 11.8. The van der Waals surface area contributed by atoms with Crippen molar-refractivity contribution < 1.29 is 13.2 Å². The highest BCUT2D eigenvalue weighted by molar-refractivity contribution is 7.89. The first kappa shape index (κ1) is 15.8. The first-order chi connectivity index (χ1) is 9.93. The summed E-state index contributed by atoms with van der Waals surface area (Å²) in [6.07, 6.45) is 0. The maximum absolute atomic E-state index is 12.5. The van der Waals surface area contributed by atoms with E-state index < -0.39 is 10.0 Å². The maximum Gasteiger partial charge on any atom is 0.243 e. The Morgan fingerprint density at radius 3 is 2.38 bits per heavy atom. The number of halogens is 1. The molecule has 0 fully saturated rings. The summed E-state index contributed by atoms with van der Waals surface area (Å²) >= 11 is 5.91. The normalized spacial score (nSPS) is 11.6. The Labute approximate surface area is 130 Å². The summed E-state index contributed by atoms with van der Waals surface area (Å²) in [6, 6.07) is 13.5. The van der Waals surface area contributed by atoms with Crippen LogP contribution in [0.1, 0.15) is 5.56 Å². The fourth-order valence-electron chi connectivity index (χ4n) is 1.91. The van der Waals surface area contributed by atoms with Crippen molar-refractivity contribution in [1.82, 2.24) is 4.31 Å². The number of sulfonamides is 1. The van der Waals surface area contributed by atoms with E-state index in [2.05, 4.69) is 0 Å². The summed E-state index contributed by atoms with van der Waals surface area (Å²) in [5.74, 6) is 0.617. The Morgan fingerprint density at radius 2 is 1.81 bits per heavy atom. The van der Waals surface area contributed by atoms with E-state index in [1.54, 1.807) is 37.4 Å². The molecule has 21 heavy (non-hydrogen) atoms. The van der Waals surface area contributed by atoms with E-state index in [1.165, 1.54) is 23.5 Å². The van der Waals surface area contributed by atoms with Gasteiger partial charge in [-0.2, -0.15) is 4.31 Å². The molecule has 0 aliphatic rings. The van der Waals surface area contributed by atoms with Gasteiger partial charge in [-0.15, -0.1) is 0 Å². The van der Waals surface area contributed by atoms with Gasteiger partial charge < -0.3 is 4.74 Å². The summed E-state index contributed by atoms with van der Waals surface area (Å²) in [5, 5.41) is 0.586. The average molecular weight is 326 g/mol. The fourth-order valence-corrected chi connectivity index (χ4v) is 3.28. The molecule has 0 bridgehead atoms. The van der Waals surface area contributed by atoms with Crippen LogP contribution < -0.4 is 4.74 Å². The van der Waals surface area contributed by atoms with Crippen molar-refractivity contribution in [2.75, 3.05) is 14.2 Å². The van der Waals surface area contributed by atoms with E-state index in [9.17, 15) is 8.42 Å². The molecule has 112 valence electrons. The summed E-state index contributed by atoms with van der Waals surface area (Å²) in [5.41, 5.74) is 0.835. The summed E-state index contributed by atoms with van der Waals surface area (Å²) in [7, 11) is -0.462. The van der Waals surface area contributed by atoms with E-state index in [-0.39, 0.29) is 11.4 Å². The van der Waals surface area contributed by atoms with Gasteiger partial charge in [0, 0.05) is 18.6 Å². The third-order valence-corrected chi connectivity index (χ3v) is 5.11. The van der Waals surface area contributed by atoms with Crippen molar-refractivity contribution in [1.29, 1.82) is 0 Å². The van der Waals surface area contributed by atoms with Crippen LogP contribution in [0.25, 0.3) is 0 Å². The molecular weight excluding hydrogens is 310 g/mol. The van der Waals surface area contributed by atoms with Gasteiger partial charge in [0.1, 0.15) is 5.75 Å². The molecule has 2 rings (SSSR count). The van der Waals surface area contributed by atoms with Crippen molar-refractivity contribution in [3.05, 3.63) is 59.1 Å². The van der Waals surface area contributed by atoms with Crippen molar-refractivity contribution in [3.63, 3.8) is 0 Å². The van der Waals surface area contributed by atoms with Gasteiger partial charge in [0.15, 0.2) is 0 Å². The fraction of sp³-hybridized carbons (Fsp3) is 0.200. The van der Waals surface area contributed by atoms with E-state index in [4.69, 9.17) is 16.3 Å². The molecular formula is C15H16ClNO3S. The Bertz CT molecular complexity index is 714. The number of hydrogen-bond donors (Lipinski definition) is 0. The lowest BCUT2D eigenvalue weighted by Gasteiger charge is -2.17. The number of rotatable bonds is 5. The molecule has 0 saturated heterocycles. The van der Waals surface area contributed by atoms with Crippen LogP contribution in [0.4, 0.5) is 0 Å². The highest BCUT2D eigenvalue weighted by Gasteiger charge is 2.20. The molecule has 0 spiro atoms. The third-order valence-electron chi connectivity index (χ3n) is 3.06. The van der Waals surface area contributed by atoms with Gasteiger partial charge in [0.2, 0.25) is 10.0 Å². The zero-order valence-corrected chi connectivity index (χ0v) is 13.4. The second-order valence-electron chi connectivity index (χ2n) is 4.57. The summed E-state index contributed by atoms with van der Waals surface area (Å²) < 4.78 is 31.3. The molecule has 2 aromatic rings. The molecule has 0 amide bonds. The molecule has 0 heterocycles. The van der Waals surface area contributed by atoms with Crippen molar-refractivity contribution >= 4 is 21.6 Å². The lowest BCUT2D eigenvalue weighted by atomic mass is 10.2. The monoisotopic (exact) mass is 325 g/mol. The van der Waals surface area contributed by atoms with Gasteiger partial charge in [-0.1, -0.05) is 23.7 Å². The molecule has 6 heteroatoms. The second-order valence-corrected chi connectivity index (χ2v) is 7.05. The smallest absolute Gasteiger partial charge is 0.243 e. The first-order valence-corrected chi connectivity index (χ1v) is 8.10. The number of hydrogen-bond acceptors (Lipinski definition) is 3. The van der Waals surface area contributed by atoms with E-state index >= 15 is 0 Å². The molecule has 0 unspecified atom stereocenters. The van der Waals surface area contributed by atoms with Gasteiger partial charge >= 0.3 is 0 Å². The lowest BCUT2D eigenvalue weighted by molar-refractivity contribution is 0.414. The Hall–Kier alpha value is -1.56. The van der Waals surface area contributed by atoms with Gasteiger partial charge in [0.25, 0.3) is 0 Å². The third kappa shape index (κ3) is 3.75. The number of ether oxygens (including phenoxy) is 1. The van der Waals surface area contributed by atoms with Crippen molar-refractivity contribution in [2.45, 2.75) is 11.4 Å². The SMILES string of the molecule is COc1ccc(S(=O)(=O)N(C)Cc2cccc(Cl)c2)cc1. The highest BCUT2D eigenvalue weighted by atomic mass is 35.5. The number of nitrogens with zero attached hydrogens (tertiary/aromatic N) is 1. The molecule has 4 nitrogen and oxygen atoms in total. The minimum absolute atomic E-state index is 0.229. The Balaban J connectivity index is 2.21. The van der Waals surface area contributed by atoms with Gasteiger partial charge in [-0.3, -0.25) is 0 Å². The first-order valence-electron chi connectivity index (χ1n) is 6.28. The predicted octanol–water partition coefficient (Wildman–Crippen LogP) is 3.17. The van der Waals surface area contributed by atoms with Crippen LogP contribution >= 0.6 is 11.6 Å². The highest BCUT2D eigenvalue weighted by Crippen LogP contribution is 2.20. The van der Waals surface area contributed by atoms with Crippen molar-refractivity contribution in [3.8, 4) is 5.75 Å². The molecule has 0 aromatic heterocycles. The largest absolute Gasteiger partial charge is 0.497 e. The number of benzene rings is 2. The average Bonchev–Trinajstić information content (AvgIpc) is 2.47. The van der Waals surface area contributed by atoms with E-state index in [0.717, 1.165) is 5.56 Å². The maximum atomic E-state index is 12.5. The predicted molar refractivity (Wildman–Crippen MR) is 83.1 cm³/mol. The standard InChI is InChI=1S/C15H16ClNO3S/c1-17(11-12-4-3-5-13(16)10-12)21(18,19)15-8-6-14(20-2)7-9-15/h3-10H,11H2,1-2H3. The quantitative estimate of drug-likeness (QED) is 0.848. The van der Waals surface area contributed by atoms with Crippen LogP contribution in [0, 0.1) is 0 Å². The molecule has 0 radical (unpaired) electrons. The van der Waals surface area contributed by atoms with Gasteiger partial charge in [-0.25, -0.2) is 8.42 Å². The minimum Gasteiger partial charge on any atom is -0.497 e. The second kappa shape index (κ2) is 6.47. The minimum atomic E-state index is -3.54. The molecule has 2 aromatic carbocycles. The van der Waals surface area contributed by atoms with Crippen LogP contribution in [0.5, 0.6) is 5.75 Å². The molecule has 0 N–H and O–H groups in total. The summed E-state index contributed by atoms with van der Waals surface area (Å²) in [6.45, 7) is 0.259. The van der Waals surface area contributed by atoms with Gasteiger partial charge in [-0.05, 0) is 42.0 Å². The van der Waals surface area contributed by atoms with Gasteiger partial charge in [0.05, 0.1) is 12.0 Å². The van der Waals surface area contributed by atoms with Crippen LogP contribution in [0.3, 0.4) is 0 Å². The van der Waals surface area contributed by atoms with Crippen molar-refractivity contribution in [2.24, 2.45) is 0 Å². The topological polar surface area (TPSA) is 46.6 Å². The lowest BCUT2D eigenvalue weighted by Crippen LogP contribution is -2.26. The van der Waals surface area contributed by atoms with Crippen LogP contribution in [-0.2, 0) is 16.6 Å². The summed E-state index contributed by atoms with van der Waals surface area (Å²) in [4.78, 5) is 0.229. The molecule has 0 aliphatic heterocycles.